The van der Waals surface area contributed by atoms with Gasteiger partial charge in [-0.1, -0.05) is 36.4 Å². The van der Waals surface area contributed by atoms with Crippen LogP contribution in [0.1, 0.15) is 18.9 Å². The minimum absolute atomic E-state index is 0.198. The molecule has 5 nitrogen and oxygen atoms in total. The van der Waals surface area contributed by atoms with Crippen LogP contribution in [0.25, 0.3) is 0 Å². The number of nitrogens with zero attached hydrogens (tertiary/aromatic N) is 1. The molecule has 2 N–H and O–H groups in total. The van der Waals surface area contributed by atoms with Crippen molar-refractivity contribution in [1.82, 2.24) is 9.62 Å². The SMILES string of the molecule is CC(CCc1ccccc1)NC(=S)Nc1cccc(S(=O)(=O)N(C)C)c1. The fourth-order valence-corrected chi connectivity index (χ4v) is 3.70. The predicted molar refractivity (Wildman–Crippen MR) is 111 cm³/mol. The second kappa shape index (κ2) is 9.12. The van der Waals surface area contributed by atoms with Crippen molar-refractivity contribution in [3.63, 3.8) is 0 Å². The monoisotopic (exact) mass is 391 g/mol. The summed E-state index contributed by atoms with van der Waals surface area (Å²) in [4.78, 5) is 0.229. The molecule has 7 heteroatoms. The first kappa shape index (κ1) is 20.4. The second-order valence-electron chi connectivity index (χ2n) is 6.34. The number of benzene rings is 2. The molecule has 2 rings (SSSR count). The number of aryl methyl sites for hydroxylation is 1. The van der Waals surface area contributed by atoms with E-state index >= 15 is 0 Å². The van der Waals surface area contributed by atoms with Crippen LogP contribution in [0.4, 0.5) is 5.69 Å². The maximum absolute atomic E-state index is 12.2. The number of rotatable bonds is 7. The quantitative estimate of drug-likeness (QED) is 0.710. The van der Waals surface area contributed by atoms with E-state index in [1.807, 2.05) is 18.2 Å². The van der Waals surface area contributed by atoms with E-state index in [2.05, 4.69) is 29.7 Å². The summed E-state index contributed by atoms with van der Waals surface area (Å²) in [6.07, 6.45) is 1.91. The Bertz CT molecular complexity index is 837. The van der Waals surface area contributed by atoms with E-state index in [9.17, 15) is 8.42 Å². The molecule has 26 heavy (non-hydrogen) atoms. The maximum Gasteiger partial charge on any atom is 0.242 e. The molecule has 2 aromatic rings. The molecule has 0 aliphatic rings. The molecular weight excluding hydrogens is 366 g/mol. The summed E-state index contributed by atoms with van der Waals surface area (Å²) in [5.41, 5.74) is 1.93. The number of anilines is 1. The number of sulfonamides is 1. The molecule has 0 aliphatic carbocycles. The van der Waals surface area contributed by atoms with Gasteiger partial charge in [0.25, 0.3) is 0 Å². The minimum Gasteiger partial charge on any atom is -0.360 e. The van der Waals surface area contributed by atoms with Gasteiger partial charge in [-0.25, -0.2) is 12.7 Å². The van der Waals surface area contributed by atoms with Gasteiger partial charge in [-0.15, -0.1) is 0 Å². The van der Waals surface area contributed by atoms with Crippen molar-refractivity contribution in [3.05, 3.63) is 60.2 Å². The summed E-state index contributed by atoms with van der Waals surface area (Å²) in [5, 5.41) is 6.78. The maximum atomic E-state index is 12.2. The Kier molecular flexibility index (Phi) is 7.14. The minimum atomic E-state index is -3.47. The van der Waals surface area contributed by atoms with Crippen molar-refractivity contribution in [2.75, 3.05) is 19.4 Å². The Balaban J connectivity index is 1.91. The third-order valence-electron chi connectivity index (χ3n) is 3.96. The topological polar surface area (TPSA) is 61.4 Å². The van der Waals surface area contributed by atoms with Crippen LogP contribution in [0.5, 0.6) is 0 Å². The van der Waals surface area contributed by atoms with Gasteiger partial charge in [-0.3, -0.25) is 0 Å². The third-order valence-corrected chi connectivity index (χ3v) is 5.99. The number of nitrogens with one attached hydrogen (secondary N) is 2. The van der Waals surface area contributed by atoms with Gasteiger partial charge >= 0.3 is 0 Å². The van der Waals surface area contributed by atoms with Gasteiger partial charge in [0.15, 0.2) is 5.11 Å². The average Bonchev–Trinajstić information content (AvgIpc) is 2.61. The van der Waals surface area contributed by atoms with Crippen LogP contribution in [0.15, 0.2) is 59.5 Å². The van der Waals surface area contributed by atoms with Gasteiger partial charge in [0, 0.05) is 25.8 Å². The van der Waals surface area contributed by atoms with E-state index in [4.69, 9.17) is 12.2 Å². The number of hydrogen-bond acceptors (Lipinski definition) is 3. The van der Waals surface area contributed by atoms with Gasteiger partial charge in [-0.05, 0) is 55.7 Å². The highest BCUT2D eigenvalue weighted by atomic mass is 32.2. The predicted octanol–water partition coefficient (Wildman–Crippen LogP) is 3.24. The number of thiocarbonyl (C=S) groups is 1. The summed E-state index contributed by atoms with van der Waals surface area (Å²) in [7, 11) is -0.448. The third kappa shape index (κ3) is 5.79. The zero-order valence-corrected chi connectivity index (χ0v) is 16.9. The molecule has 0 heterocycles. The summed E-state index contributed by atoms with van der Waals surface area (Å²) in [6.45, 7) is 2.07. The van der Waals surface area contributed by atoms with Crippen LogP contribution < -0.4 is 10.6 Å². The summed E-state index contributed by atoms with van der Waals surface area (Å²) >= 11 is 5.35. The van der Waals surface area contributed by atoms with Crippen molar-refractivity contribution < 1.29 is 8.42 Å². The molecule has 140 valence electrons. The van der Waals surface area contributed by atoms with E-state index in [-0.39, 0.29) is 10.9 Å². The Morgan fingerprint density at radius 2 is 1.81 bits per heavy atom. The highest BCUT2D eigenvalue weighted by Gasteiger charge is 2.17. The van der Waals surface area contributed by atoms with Crippen LogP contribution >= 0.6 is 12.2 Å². The zero-order chi connectivity index (χ0) is 19.2. The van der Waals surface area contributed by atoms with E-state index in [1.165, 1.54) is 24.0 Å². The van der Waals surface area contributed by atoms with E-state index in [1.54, 1.807) is 24.3 Å². The van der Waals surface area contributed by atoms with E-state index < -0.39 is 10.0 Å². The van der Waals surface area contributed by atoms with Crippen LogP contribution in [0.2, 0.25) is 0 Å². The molecular formula is C19H25N3O2S2. The molecule has 0 amide bonds. The molecule has 0 spiro atoms. The first-order valence-electron chi connectivity index (χ1n) is 8.43. The van der Waals surface area contributed by atoms with Crippen molar-refractivity contribution in [2.24, 2.45) is 0 Å². The lowest BCUT2D eigenvalue weighted by Gasteiger charge is -2.18. The Labute approximate surface area is 161 Å². The van der Waals surface area contributed by atoms with Gasteiger partial charge in [0.05, 0.1) is 4.90 Å². The lowest BCUT2D eigenvalue weighted by molar-refractivity contribution is 0.521. The van der Waals surface area contributed by atoms with Gasteiger partial charge < -0.3 is 10.6 Å². The van der Waals surface area contributed by atoms with Gasteiger partial charge in [-0.2, -0.15) is 0 Å². The molecule has 0 radical (unpaired) electrons. The lowest BCUT2D eigenvalue weighted by atomic mass is 10.1. The molecule has 0 aromatic heterocycles. The molecule has 0 bridgehead atoms. The van der Waals surface area contributed by atoms with Crippen molar-refractivity contribution in [2.45, 2.75) is 30.7 Å². The first-order chi connectivity index (χ1) is 12.3. The van der Waals surface area contributed by atoms with Gasteiger partial charge in [0.1, 0.15) is 0 Å². The Hall–Kier alpha value is -1.96. The molecule has 0 aliphatic heterocycles. The van der Waals surface area contributed by atoms with Crippen LogP contribution in [0, 0.1) is 0 Å². The molecule has 2 aromatic carbocycles. The first-order valence-corrected chi connectivity index (χ1v) is 10.3. The van der Waals surface area contributed by atoms with Crippen LogP contribution in [-0.2, 0) is 16.4 Å². The largest absolute Gasteiger partial charge is 0.360 e. The zero-order valence-electron chi connectivity index (χ0n) is 15.3. The standard InChI is InChI=1S/C19H25N3O2S2/c1-15(12-13-16-8-5-4-6-9-16)20-19(25)21-17-10-7-11-18(14-17)26(23,24)22(2)3/h4-11,14-15H,12-13H2,1-3H3,(H2,20,21,25). The smallest absolute Gasteiger partial charge is 0.242 e. The Morgan fingerprint density at radius 3 is 2.46 bits per heavy atom. The molecule has 0 fully saturated rings. The lowest BCUT2D eigenvalue weighted by Crippen LogP contribution is -2.36. The molecule has 0 saturated carbocycles. The molecule has 1 atom stereocenters. The van der Waals surface area contributed by atoms with E-state index in [0.29, 0.717) is 10.8 Å². The fourth-order valence-electron chi connectivity index (χ4n) is 2.44. The summed E-state index contributed by atoms with van der Waals surface area (Å²) in [6, 6.07) is 17.1. The summed E-state index contributed by atoms with van der Waals surface area (Å²) in [5.74, 6) is 0. The van der Waals surface area contributed by atoms with Crippen LogP contribution in [0.3, 0.4) is 0 Å². The van der Waals surface area contributed by atoms with Crippen LogP contribution in [-0.4, -0.2) is 38.0 Å². The number of hydrogen-bond donors (Lipinski definition) is 2. The van der Waals surface area contributed by atoms with Crippen molar-refractivity contribution >= 4 is 33.0 Å². The second-order valence-corrected chi connectivity index (χ2v) is 8.90. The Morgan fingerprint density at radius 1 is 1.12 bits per heavy atom. The highest BCUT2D eigenvalue weighted by molar-refractivity contribution is 7.89. The average molecular weight is 392 g/mol. The highest BCUT2D eigenvalue weighted by Crippen LogP contribution is 2.18. The summed E-state index contributed by atoms with van der Waals surface area (Å²) < 4.78 is 25.6. The van der Waals surface area contributed by atoms with Crippen molar-refractivity contribution in [1.29, 1.82) is 0 Å². The van der Waals surface area contributed by atoms with E-state index in [0.717, 1.165) is 12.8 Å². The van der Waals surface area contributed by atoms with Gasteiger partial charge in [0.2, 0.25) is 10.0 Å². The fraction of sp³-hybridized carbons (Fsp3) is 0.316. The van der Waals surface area contributed by atoms with Crippen molar-refractivity contribution in [3.8, 4) is 0 Å². The molecule has 0 saturated heterocycles. The normalized spacial score (nSPS) is 12.6. The molecule has 1 unspecified atom stereocenters.